The van der Waals surface area contributed by atoms with Gasteiger partial charge in [-0.25, -0.2) is 8.42 Å². The van der Waals surface area contributed by atoms with Crippen LogP contribution < -0.4 is 19.5 Å². The summed E-state index contributed by atoms with van der Waals surface area (Å²) in [6, 6.07) is 6.92. The van der Waals surface area contributed by atoms with Crippen molar-refractivity contribution in [1.82, 2.24) is 4.31 Å². The molecule has 0 unspecified atom stereocenters. The molecule has 11 heteroatoms. The molecule has 0 heterocycles. The van der Waals surface area contributed by atoms with E-state index in [-0.39, 0.29) is 29.4 Å². The fourth-order valence-electron chi connectivity index (χ4n) is 2.95. The van der Waals surface area contributed by atoms with E-state index in [4.69, 9.17) is 14.2 Å². The fourth-order valence-corrected chi connectivity index (χ4v) is 4.43. The van der Waals surface area contributed by atoms with Gasteiger partial charge in [0, 0.05) is 37.0 Å². The minimum absolute atomic E-state index is 0.118. The molecule has 1 N–H and O–H groups in total. The summed E-state index contributed by atoms with van der Waals surface area (Å²) in [5.74, 6) is 1.10. The predicted octanol–water partition coefficient (Wildman–Crippen LogP) is 3.39. The number of rotatable bonds is 10. The first-order chi connectivity index (χ1) is 14.2. The van der Waals surface area contributed by atoms with E-state index in [1.54, 1.807) is 26.0 Å². The van der Waals surface area contributed by atoms with Crippen molar-refractivity contribution in [1.29, 1.82) is 0 Å². The third-order valence-electron chi connectivity index (χ3n) is 4.45. The van der Waals surface area contributed by atoms with Crippen molar-refractivity contribution in [3.05, 3.63) is 40.4 Å². The fraction of sp³-hybridized carbons (Fsp3) is 0.368. The summed E-state index contributed by atoms with van der Waals surface area (Å²) in [4.78, 5) is 10.9. The summed E-state index contributed by atoms with van der Waals surface area (Å²) in [5.41, 5.74) is 0.178. The number of nitrogens with one attached hydrogen (secondary N) is 1. The molecule has 0 bridgehead atoms. The maximum Gasteiger partial charge on any atom is 0.294 e. The van der Waals surface area contributed by atoms with Gasteiger partial charge in [0.1, 0.15) is 5.69 Å². The molecule has 2 aromatic rings. The van der Waals surface area contributed by atoms with Gasteiger partial charge in [0.25, 0.3) is 5.69 Å². The third-order valence-corrected chi connectivity index (χ3v) is 6.50. The van der Waals surface area contributed by atoms with E-state index in [1.165, 1.54) is 37.8 Å². The van der Waals surface area contributed by atoms with Crippen LogP contribution in [0.2, 0.25) is 0 Å². The van der Waals surface area contributed by atoms with E-state index in [0.717, 1.165) is 6.07 Å². The zero-order chi connectivity index (χ0) is 22.5. The molecule has 0 aliphatic rings. The van der Waals surface area contributed by atoms with E-state index in [0.29, 0.717) is 22.9 Å². The quantitative estimate of drug-likeness (QED) is 0.442. The smallest absolute Gasteiger partial charge is 0.294 e. The van der Waals surface area contributed by atoms with E-state index in [1.807, 2.05) is 0 Å². The van der Waals surface area contributed by atoms with Crippen LogP contribution in [0.1, 0.15) is 13.8 Å². The summed E-state index contributed by atoms with van der Waals surface area (Å²) < 4.78 is 42.5. The monoisotopic (exact) mass is 439 g/mol. The van der Waals surface area contributed by atoms with Crippen molar-refractivity contribution < 1.29 is 27.6 Å². The lowest BCUT2D eigenvalue weighted by Crippen LogP contribution is -2.30. The Morgan fingerprint density at radius 2 is 1.57 bits per heavy atom. The first-order valence-electron chi connectivity index (χ1n) is 9.09. The molecule has 0 aromatic heterocycles. The second kappa shape index (κ2) is 9.63. The Morgan fingerprint density at radius 3 is 2.00 bits per heavy atom. The summed E-state index contributed by atoms with van der Waals surface area (Å²) >= 11 is 0. The number of methoxy groups -OCH3 is 3. The zero-order valence-electron chi connectivity index (χ0n) is 17.5. The number of hydrogen-bond donors (Lipinski definition) is 1. The Labute approximate surface area is 175 Å². The topological polar surface area (TPSA) is 120 Å². The first kappa shape index (κ1) is 23.2. The number of nitro benzene ring substituents is 1. The number of nitro groups is 1. The van der Waals surface area contributed by atoms with Crippen LogP contribution in [0.15, 0.2) is 35.2 Å². The number of nitrogens with zero attached hydrogens (tertiary/aromatic N) is 2. The summed E-state index contributed by atoms with van der Waals surface area (Å²) in [6.07, 6.45) is 0. The average Bonchev–Trinajstić information content (AvgIpc) is 2.73. The number of benzene rings is 2. The van der Waals surface area contributed by atoms with Crippen molar-refractivity contribution >= 4 is 27.1 Å². The highest BCUT2D eigenvalue weighted by atomic mass is 32.2. The van der Waals surface area contributed by atoms with Crippen LogP contribution in [0.4, 0.5) is 17.1 Å². The minimum Gasteiger partial charge on any atom is -0.493 e. The number of hydrogen-bond acceptors (Lipinski definition) is 8. The Bertz CT molecular complexity index is 996. The molecule has 30 heavy (non-hydrogen) atoms. The Kier molecular flexibility index (Phi) is 7.46. The Hall–Kier alpha value is -3.05. The number of sulfonamides is 1. The molecule has 0 radical (unpaired) electrons. The van der Waals surface area contributed by atoms with Crippen molar-refractivity contribution in [2.75, 3.05) is 39.7 Å². The number of anilines is 2. The molecule has 0 amide bonds. The van der Waals surface area contributed by atoms with E-state index in [2.05, 4.69) is 5.32 Å². The first-order valence-corrected chi connectivity index (χ1v) is 10.5. The Morgan fingerprint density at radius 1 is 1.00 bits per heavy atom. The maximum atomic E-state index is 12.7. The molecule has 0 saturated carbocycles. The molecule has 0 aliphatic heterocycles. The summed E-state index contributed by atoms with van der Waals surface area (Å²) in [7, 11) is 0.543. The van der Waals surface area contributed by atoms with Crippen molar-refractivity contribution in [2.45, 2.75) is 18.7 Å². The lowest BCUT2D eigenvalue weighted by Gasteiger charge is -2.19. The van der Waals surface area contributed by atoms with E-state index in [9.17, 15) is 18.5 Å². The highest BCUT2D eigenvalue weighted by Crippen LogP contribution is 2.41. The molecule has 0 fully saturated rings. The van der Waals surface area contributed by atoms with Crippen LogP contribution in [0.5, 0.6) is 17.2 Å². The van der Waals surface area contributed by atoms with Crippen LogP contribution in [-0.4, -0.2) is 52.1 Å². The third kappa shape index (κ3) is 4.57. The van der Waals surface area contributed by atoms with Gasteiger partial charge < -0.3 is 19.5 Å². The molecule has 10 nitrogen and oxygen atoms in total. The van der Waals surface area contributed by atoms with Gasteiger partial charge in [0.05, 0.1) is 31.1 Å². The standard InChI is InChI=1S/C19H25N3O7S/c1-6-21(7-2)30(25,26)14-8-9-15(16(12-14)22(23)24)20-13-10-17(27-3)19(29-5)18(11-13)28-4/h8-12,20H,6-7H2,1-5H3. The molecule has 2 rings (SSSR count). The normalized spacial score (nSPS) is 11.3. The maximum absolute atomic E-state index is 12.7. The van der Waals surface area contributed by atoms with Gasteiger partial charge in [0.15, 0.2) is 11.5 Å². The molecule has 0 atom stereocenters. The van der Waals surface area contributed by atoms with Crippen LogP contribution in [-0.2, 0) is 10.0 Å². The van der Waals surface area contributed by atoms with Crippen molar-refractivity contribution in [2.24, 2.45) is 0 Å². The van der Waals surface area contributed by atoms with Gasteiger partial charge in [-0.2, -0.15) is 4.31 Å². The van der Waals surface area contributed by atoms with Crippen LogP contribution >= 0.6 is 0 Å². The van der Waals surface area contributed by atoms with Gasteiger partial charge in [-0.3, -0.25) is 10.1 Å². The lowest BCUT2D eigenvalue weighted by atomic mass is 10.2. The summed E-state index contributed by atoms with van der Waals surface area (Å²) in [6.45, 7) is 3.93. The van der Waals surface area contributed by atoms with Gasteiger partial charge in [-0.05, 0) is 12.1 Å². The highest BCUT2D eigenvalue weighted by molar-refractivity contribution is 7.89. The highest BCUT2D eigenvalue weighted by Gasteiger charge is 2.26. The molecule has 0 aliphatic carbocycles. The van der Waals surface area contributed by atoms with Crippen molar-refractivity contribution in [3.63, 3.8) is 0 Å². The number of ether oxygens (including phenoxy) is 3. The molecule has 0 saturated heterocycles. The minimum atomic E-state index is -3.83. The van der Waals surface area contributed by atoms with Gasteiger partial charge in [0.2, 0.25) is 15.8 Å². The molecule has 2 aromatic carbocycles. The van der Waals surface area contributed by atoms with Gasteiger partial charge in [-0.15, -0.1) is 0 Å². The van der Waals surface area contributed by atoms with Crippen LogP contribution in [0.25, 0.3) is 0 Å². The largest absolute Gasteiger partial charge is 0.493 e. The molecule has 0 spiro atoms. The predicted molar refractivity (Wildman–Crippen MR) is 113 cm³/mol. The second-order valence-electron chi connectivity index (χ2n) is 6.06. The SMILES string of the molecule is CCN(CC)S(=O)(=O)c1ccc(Nc2cc(OC)c(OC)c(OC)c2)c([N+](=O)[O-])c1. The van der Waals surface area contributed by atoms with Gasteiger partial charge >= 0.3 is 0 Å². The second-order valence-corrected chi connectivity index (χ2v) is 8.00. The zero-order valence-corrected chi connectivity index (χ0v) is 18.3. The molecule has 164 valence electrons. The lowest BCUT2D eigenvalue weighted by molar-refractivity contribution is -0.384. The van der Waals surface area contributed by atoms with Gasteiger partial charge in [-0.1, -0.05) is 13.8 Å². The van der Waals surface area contributed by atoms with Crippen LogP contribution in [0.3, 0.4) is 0 Å². The average molecular weight is 439 g/mol. The molecular formula is C19H25N3O7S. The molecular weight excluding hydrogens is 414 g/mol. The Balaban J connectivity index is 2.53. The van der Waals surface area contributed by atoms with Crippen LogP contribution in [0, 0.1) is 10.1 Å². The van der Waals surface area contributed by atoms with E-state index >= 15 is 0 Å². The van der Waals surface area contributed by atoms with Crippen molar-refractivity contribution in [3.8, 4) is 17.2 Å². The van der Waals surface area contributed by atoms with E-state index < -0.39 is 14.9 Å². The summed E-state index contributed by atoms with van der Waals surface area (Å²) in [5, 5.41) is 14.6.